The Morgan fingerprint density at radius 2 is 1.75 bits per heavy atom. The molecule has 0 spiro atoms. The van der Waals surface area contributed by atoms with Crippen LogP contribution in [0.3, 0.4) is 0 Å². The fourth-order valence-electron chi connectivity index (χ4n) is 2.17. The number of rotatable bonds is 8. The van der Waals surface area contributed by atoms with Crippen molar-refractivity contribution in [2.75, 3.05) is 27.2 Å². The Bertz CT molecular complexity index is 765. The van der Waals surface area contributed by atoms with E-state index < -0.39 is 10.0 Å². The van der Waals surface area contributed by atoms with Crippen molar-refractivity contribution in [3.8, 4) is 0 Å². The summed E-state index contributed by atoms with van der Waals surface area (Å²) in [4.78, 5) is 1.96. The molecule has 0 radical (unpaired) electrons. The highest BCUT2D eigenvalue weighted by Crippen LogP contribution is 2.15. The summed E-state index contributed by atoms with van der Waals surface area (Å²) in [6, 6.07) is 13.0. The van der Waals surface area contributed by atoms with E-state index in [1.54, 1.807) is 6.08 Å². The van der Waals surface area contributed by atoms with Crippen LogP contribution >= 0.6 is 0 Å². The fourth-order valence-corrected chi connectivity index (χ4v) is 3.31. The molecule has 2 rings (SSSR count). The summed E-state index contributed by atoms with van der Waals surface area (Å²) in [6.45, 7) is 3.10. The van der Waals surface area contributed by atoms with E-state index in [0.29, 0.717) is 18.8 Å². The van der Waals surface area contributed by atoms with Crippen molar-refractivity contribution in [1.29, 1.82) is 0 Å². The molecule has 0 saturated heterocycles. The standard InChI is InChI=1S/C18H24N2O3S/c1-16-9-10-18(23-16)15-20(13-12-19(2)3)24(21,22)14-11-17-7-5-4-6-8-17/h4-11,14H,12-13,15H2,1-3H3/b14-11+. The van der Waals surface area contributed by atoms with Crippen molar-refractivity contribution < 1.29 is 12.8 Å². The Labute approximate surface area is 144 Å². The number of hydrogen-bond acceptors (Lipinski definition) is 4. The van der Waals surface area contributed by atoms with Gasteiger partial charge in [-0.25, -0.2) is 8.42 Å². The van der Waals surface area contributed by atoms with Gasteiger partial charge >= 0.3 is 0 Å². The SMILES string of the molecule is Cc1ccc(CN(CCN(C)C)S(=O)(=O)/C=C/c2ccccc2)o1. The molecule has 0 saturated carbocycles. The number of aryl methyl sites for hydroxylation is 1. The second kappa shape index (κ2) is 8.28. The second-order valence-corrected chi connectivity index (χ2v) is 7.73. The Morgan fingerprint density at radius 3 is 2.33 bits per heavy atom. The zero-order chi connectivity index (χ0) is 17.6. The van der Waals surface area contributed by atoms with E-state index in [4.69, 9.17) is 4.42 Å². The Balaban J connectivity index is 2.18. The third-order valence-electron chi connectivity index (χ3n) is 3.52. The number of nitrogens with zero attached hydrogens (tertiary/aromatic N) is 2. The molecule has 0 aliphatic heterocycles. The summed E-state index contributed by atoms with van der Waals surface area (Å²) >= 11 is 0. The van der Waals surface area contributed by atoms with E-state index in [-0.39, 0.29) is 6.54 Å². The van der Waals surface area contributed by atoms with Crippen LogP contribution in [-0.2, 0) is 16.6 Å². The van der Waals surface area contributed by atoms with Crippen LogP contribution in [0.2, 0.25) is 0 Å². The molecule has 24 heavy (non-hydrogen) atoms. The number of benzene rings is 1. The summed E-state index contributed by atoms with van der Waals surface area (Å²) < 4.78 is 32.4. The minimum absolute atomic E-state index is 0.225. The molecule has 0 atom stereocenters. The molecule has 0 amide bonds. The van der Waals surface area contributed by atoms with Gasteiger partial charge in [0.05, 0.1) is 6.54 Å². The van der Waals surface area contributed by atoms with Crippen LogP contribution in [-0.4, -0.2) is 44.8 Å². The lowest BCUT2D eigenvalue weighted by Crippen LogP contribution is -2.35. The van der Waals surface area contributed by atoms with E-state index in [0.717, 1.165) is 11.3 Å². The number of sulfonamides is 1. The fraction of sp³-hybridized carbons (Fsp3) is 0.333. The van der Waals surface area contributed by atoms with Crippen LogP contribution in [0.1, 0.15) is 17.1 Å². The molecule has 0 fully saturated rings. The average Bonchev–Trinajstić information content (AvgIpc) is 2.95. The van der Waals surface area contributed by atoms with Crippen LogP contribution < -0.4 is 0 Å². The number of furan rings is 1. The van der Waals surface area contributed by atoms with Crippen LogP contribution in [0, 0.1) is 6.92 Å². The molecule has 0 aliphatic carbocycles. The van der Waals surface area contributed by atoms with Crippen LogP contribution in [0.25, 0.3) is 6.08 Å². The van der Waals surface area contributed by atoms with Crippen molar-refractivity contribution in [2.24, 2.45) is 0 Å². The first-order valence-electron chi connectivity index (χ1n) is 7.80. The van der Waals surface area contributed by atoms with Gasteiger partial charge in [-0.15, -0.1) is 0 Å². The number of likely N-dealkylation sites (N-methyl/N-ethyl adjacent to an activating group) is 1. The van der Waals surface area contributed by atoms with Gasteiger partial charge in [-0.05, 0) is 44.8 Å². The predicted octanol–water partition coefficient (Wildman–Crippen LogP) is 2.95. The lowest BCUT2D eigenvalue weighted by Gasteiger charge is -2.21. The molecule has 0 aliphatic rings. The molecule has 1 aromatic heterocycles. The molecule has 1 heterocycles. The predicted molar refractivity (Wildman–Crippen MR) is 96.8 cm³/mol. The first-order valence-corrected chi connectivity index (χ1v) is 9.30. The molecule has 0 unspecified atom stereocenters. The van der Waals surface area contributed by atoms with Crippen molar-refractivity contribution in [3.05, 3.63) is 65.0 Å². The highest BCUT2D eigenvalue weighted by molar-refractivity contribution is 7.92. The van der Waals surface area contributed by atoms with E-state index in [9.17, 15) is 8.42 Å². The van der Waals surface area contributed by atoms with Crippen molar-refractivity contribution in [2.45, 2.75) is 13.5 Å². The third-order valence-corrected chi connectivity index (χ3v) is 5.03. The van der Waals surface area contributed by atoms with Gasteiger partial charge in [0.2, 0.25) is 10.0 Å². The summed E-state index contributed by atoms with van der Waals surface area (Å²) in [5.41, 5.74) is 0.850. The largest absolute Gasteiger partial charge is 0.465 e. The van der Waals surface area contributed by atoms with E-state index >= 15 is 0 Å². The van der Waals surface area contributed by atoms with Gasteiger partial charge in [-0.3, -0.25) is 0 Å². The Kier molecular flexibility index (Phi) is 6.36. The quantitative estimate of drug-likeness (QED) is 0.736. The maximum absolute atomic E-state index is 12.7. The van der Waals surface area contributed by atoms with Gasteiger partial charge in [0.1, 0.15) is 11.5 Å². The molecule has 130 valence electrons. The minimum Gasteiger partial charge on any atom is -0.465 e. The van der Waals surface area contributed by atoms with Crippen LogP contribution in [0.15, 0.2) is 52.3 Å². The molecular weight excluding hydrogens is 324 g/mol. The first kappa shape index (κ1) is 18.4. The zero-order valence-corrected chi connectivity index (χ0v) is 15.2. The summed E-state index contributed by atoms with van der Waals surface area (Å²) in [5, 5.41) is 1.26. The van der Waals surface area contributed by atoms with E-state index in [1.807, 2.05) is 68.4 Å². The minimum atomic E-state index is -3.54. The highest BCUT2D eigenvalue weighted by atomic mass is 32.2. The van der Waals surface area contributed by atoms with Gasteiger partial charge in [0.25, 0.3) is 0 Å². The summed E-state index contributed by atoms with van der Waals surface area (Å²) in [5.74, 6) is 1.41. The molecule has 2 aromatic rings. The Hall–Kier alpha value is -1.89. The van der Waals surface area contributed by atoms with Crippen LogP contribution in [0.4, 0.5) is 0 Å². The van der Waals surface area contributed by atoms with E-state index in [1.165, 1.54) is 9.71 Å². The summed E-state index contributed by atoms with van der Waals surface area (Å²) in [7, 11) is 0.298. The Morgan fingerprint density at radius 1 is 1.04 bits per heavy atom. The molecule has 5 nitrogen and oxygen atoms in total. The van der Waals surface area contributed by atoms with Crippen molar-refractivity contribution in [1.82, 2.24) is 9.21 Å². The topological polar surface area (TPSA) is 53.8 Å². The van der Waals surface area contributed by atoms with Crippen molar-refractivity contribution >= 4 is 16.1 Å². The summed E-state index contributed by atoms with van der Waals surface area (Å²) in [6.07, 6.45) is 1.62. The second-order valence-electron chi connectivity index (χ2n) is 5.91. The normalized spacial score (nSPS) is 12.5. The lowest BCUT2D eigenvalue weighted by molar-refractivity contribution is 0.312. The zero-order valence-electron chi connectivity index (χ0n) is 14.3. The maximum atomic E-state index is 12.7. The van der Waals surface area contributed by atoms with E-state index in [2.05, 4.69) is 0 Å². The van der Waals surface area contributed by atoms with Gasteiger partial charge in [-0.2, -0.15) is 4.31 Å². The molecule has 1 aromatic carbocycles. The smallest absolute Gasteiger partial charge is 0.236 e. The first-order chi connectivity index (χ1) is 11.4. The average molecular weight is 348 g/mol. The third kappa shape index (κ3) is 5.63. The lowest BCUT2D eigenvalue weighted by atomic mass is 10.2. The molecule has 6 heteroatoms. The monoisotopic (exact) mass is 348 g/mol. The molecular formula is C18H24N2O3S. The highest BCUT2D eigenvalue weighted by Gasteiger charge is 2.21. The molecule has 0 N–H and O–H groups in total. The molecule has 0 bridgehead atoms. The van der Waals surface area contributed by atoms with Gasteiger partial charge in [0.15, 0.2) is 0 Å². The van der Waals surface area contributed by atoms with Gasteiger partial charge in [0, 0.05) is 18.5 Å². The number of hydrogen-bond donors (Lipinski definition) is 0. The van der Waals surface area contributed by atoms with Gasteiger partial charge < -0.3 is 9.32 Å². The van der Waals surface area contributed by atoms with Gasteiger partial charge in [-0.1, -0.05) is 30.3 Å². The van der Waals surface area contributed by atoms with Crippen LogP contribution in [0.5, 0.6) is 0 Å². The maximum Gasteiger partial charge on any atom is 0.236 e. The van der Waals surface area contributed by atoms with Crippen molar-refractivity contribution in [3.63, 3.8) is 0 Å².